The minimum absolute atomic E-state index is 0. The lowest BCUT2D eigenvalue weighted by Crippen LogP contribution is -2.38. The maximum Gasteiger partial charge on any atom is 0.216 e. The lowest BCUT2D eigenvalue weighted by molar-refractivity contribution is 0.568. The third kappa shape index (κ3) is 9.53. The van der Waals surface area contributed by atoms with Gasteiger partial charge in [-0.3, -0.25) is 4.99 Å². The highest BCUT2D eigenvalue weighted by Crippen LogP contribution is 2.13. The molecule has 2 aromatic carbocycles. The van der Waals surface area contributed by atoms with Gasteiger partial charge in [0.25, 0.3) is 0 Å². The van der Waals surface area contributed by atoms with Crippen LogP contribution in [0.1, 0.15) is 36.1 Å². The molecule has 3 N–H and O–H groups in total. The number of aliphatic imine (C=N–C) groups is 1. The van der Waals surface area contributed by atoms with Crippen molar-refractivity contribution in [2.24, 2.45) is 4.99 Å². The zero-order valence-corrected chi connectivity index (χ0v) is 21.6. The Morgan fingerprint density at radius 3 is 2.35 bits per heavy atom. The number of benzene rings is 2. The van der Waals surface area contributed by atoms with Crippen LogP contribution >= 0.6 is 24.0 Å². The standard InChI is InChI=1S/C22H31FN4O2S.HI/c1-16(2)27-30(28,29)15-20-8-6-5-7-19(20)14-26-22(24-4)25-12-11-18-9-10-21(23)13-17(18)3;/h5-10,13,16,27H,11-12,14-15H2,1-4H3,(H2,24,25,26);1H. The normalized spacial score (nSPS) is 11.9. The Labute approximate surface area is 202 Å². The molecule has 9 heteroatoms. The molecule has 0 aliphatic rings. The summed E-state index contributed by atoms with van der Waals surface area (Å²) in [4.78, 5) is 4.22. The number of hydrogen-bond donors (Lipinski definition) is 3. The average molecular weight is 562 g/mol. The summed E-state index contributed by atoms with van der Waals surface area (Å²) in [5.41, 5.74) is 3.64. The van der Waals surface area contributed by atoms with Crippen LogP contribution in [0.15, 0.2) is 47.5 Å². The molecule has 0 bridgehead atoms. The Morgan fingerprint density at radius 1 is 1.06 bits per heavy atom. The molecule has 0 spiro atoms. The van der Waals surface area contributed by atoms with E-state index in [-0.39, 0.29) is 41.6 Å². The SMILES string of the molecule is CN=C(NCCc1ccc(F)cc1C)NCc1ccccc1CS(=O)(=O)NC(C)C.I. The smallest absolute Gasteiger partial charge is 0.216 e. The van der Waals surface area contributed by atoms with E-state index < -0.39 is 10.0 Å². The van der Waals surface area contributed by atoms with Crippen LogP contribution in [0.5, 0.6) is 0 Å². The molecule has 0 heterocycles. The van der Waals surface area contributed by atoms with Gasteiger partial charge in [-0.15, -0.1) is 24.0 Å². The number of guanidine groups is 1. The van der Waals surface area contributed by atoms with Crippen molar-refractivity contribution in [3.05, 3.63) is 70.5 Å². The van der Waals surface area contributed by atoms with Crippen LogP contribution in [-0.4, -0.2) is 34.0 Å². The van der Waals surface area contributed by atoms with Crippen molar-refractivity contribution in [2.45, 2.75) is 45.5 Å². The molecule has 0 atom stereocenters. The van der Waals surface area contributed by atoms with E-state index >= 15 is 0 Å². The molecule has 0 saturated heterocycles. The molecule has 0 aliphatic heterocycles. The molecule has 0 unspecified atom stereocenters. The van der Waals surface area contributed by atoms with Gasteiger partial charge in [0.05, 0.1) is 5.75 Å². The molecule has 172 valence electrons. The van der Waals surface area contributed by atoms with Gasteiger partial charge in [-0.05, 0) is 61.6 Å². The molecule has 2 rings (SSSR count). The van der Waals surface area contributed by atoms with Crippen molar-refractivity contribution in [1.82, 2.24) is 15.4 Å². The average Bonchev–Trinajstić information content (AvgIpc) is 2.65. The van der Waals surface area contributed by atoms with E-state index in [1.54, 1.807) is 27.0 Å². The maximum atomic E-state index is 13.2. The van der Waals surface area contributed by atoms with E-state index in [0.717, 1.165) is 28.7 Å². The highest BCUT2D eigenvalue weighted by molar-refractivity contribution is 14.0. The highest BCUT2D eigenvalue weighted by atomic mass is 127. The van der Waals surface area contributed by atoms with Gasteiger partial charge >= 0.3 is 0 Å². The first-order valence-corrected chi connectivity index (χ1v) is 11.6. The molecule has 0 radical (unpaired) electrons. The summed E-state index contributed by atoms with van der Waals surface area (Å²) in [6, 6.07) is 12.1. The molecule has 31 heavy (non-hydrogen) atoms. The second-order valence-corrected chi connectivity index (χ2v) is 9.23. The fourth-order valence-corrected chi connectivity index (χ4v) is 4.62. The van der Waals surface area contributed by atoms with E-state index in [9.17, 15) is 12.8 Å². The van der Waals surface area contributed by atoms with Gasteiger partial charge < -0.3 is 10.6 Å². The minimum atomic E-state index is -3.40. The zero-order chi connectivity index (χ0) is 22.1. The van der Waals surface area contributed by atoms with E-state index in [1.807, 2.05) is 31.2 Å². The Kier molecular flexibility index (Phi) is 11.4. The maximum absolute atomic E-state index is 13.2. The van der Waals surface area contributed by atoms with Crippen molar-refractivity contribution in [2.75, 3.05) is 13.6 Å². The van der Waals surface area contributed by atoms with Gasteiger partial charge in [0.1, 0.15) is 5.82 Å². The molecule has 0 amide bonds. The van der Waals surface area contributed by atoms with E-state index in [4.69, 9.17) is 0 Å². The molecule has 0 saturated carbocycles. The third-order valence-electron chi connectivity index (χ3n) is 4.54. The first kappa shape index (κ1) is 27.3. The van der Waals surface area contributed by atoms with Crippen LogP contribution in [0, 0.1) is 12.7 Å². The summed E-state index contributed by atoms with van der Waals surface area (Å²) in [5.74, 6) is 0.317. The molecule has 0 aliphatic carbocycles. The summed E-state index contributed by atoms with van der Waals surface area (Å²) in [6.45, 7) is 6.58. The Morgan fingerprint density at radius 2 is 1.74 bits per heavy atom. The molecule has 0 aromatic heterocycles. The number of nitrogens with zero attached hydrogens (tertiary/aromatic N) is 1. The predicted molar refractivity (Wildman–Crippen MR) is 136 cm³/mol. The zero-order valence-electron chi connectivity index (χ0n) is 18.4. The topological polar surface area (TPSA) is 82.6 Å². The number of hydrogen-bond acceptors (Lipinski definition) is 3. The summed E-state index contributed by atoms with van der Waals surface area (Å²) in [5, 5.41) is 6.46. The van der Waals surface area contributed by atoms with Crippen LogP contribution in [0.2, 0.25) is 0 Å². The monoisotopic (exact) mass is 562 g/mol. The van der Waals surface area contributed by atoms with Crippen molar-refractivity contribution in [3.63, 3.8) is 0 Å². The van der Waals surface area contributed by atoms with Gasteiger partial charge in [-0.2, -0.15) is 0 Å². The second-order valence-electron chi connectivity index (χ2n) is 7.47. The largest absolute Gasteiger partial charge is 0.356 e. The van der Waals surface area contributed by atoms with Crippen LogP contribution < -0.4 is 15.4 Å². The van der Waals surface area contributed by atoms with Gasteiger partial charge in [-0.1, -0.05) is 30.3 Å². The fraction of sp³-hybridized carbons (Fsp3) is 0.409. The molecule has 0 fully saturated rings. The fourth-order valence-electron chi connectivity index (χ4n) is 3.13. The summed E-state index contributed by atoms with van der Waals surface area (Å²) in [6.07, 6.45) is 0.739. The predicted octanol–water partition coefficient (Wildman–Crippen LogP) is 3.49. The third-order valence-corrected chi connectivity index (χ3v) is 6.06. The number of rotatable bonds is 9. The minimum Gasteiger partial charge on any atom is -0.356 e. The quantitative estimate of drug-likeness (QED) is 0.248. The van der Waals surface area contributed by atoms with Crippen LogP contribution in [0.3, 0.4) is 0 Å². The van der Waals surface area contributed by atoms with Gasteiger partial charge in [0.15, 0.2) is 5.96 Å². The van der Waals surface area contributed by atoms with E-state index in [1.165, 1.54) is 12.1 Å². The van der Waals surface area contributed by atoms with Crippen LogP contribution in [0.25, 0.3) is 0 Å². The molecular weight excluding hydrogens is 530 g/mol. The second kappa shape index (κ2) is 13.0. The van der Waals surface area contributed by atoms with Crippen LogP contribution in [-0.2, 0) is 28.7 Å². The first-order chi connectivity index (χ1) is 14.2. The molecule has 2 aromatic rings. The lowest BCUT2D eigenvalue weighted by atomic mass is 10.1. The summed E-state index contributed by atoms with van der Waals surface area (Å²) >= 11 is 0. The van der Waals surface area contributed by atoms with E-state index in [2.05, 4.69) is 20.3 Å². The van der Waals surface area contributed by atoms with Crippen molar-refractivity contribution in [1.29, 1.82) is 0 Å². The lowest BCUT2D eigenvalue weighted by Gasteiger charge is -2.15. The number of halogens is 2. The Hall–Kier alpha value is -1.72. The molecular formula is C22H32FIN4O2S. The highest BCUT2D eigenvalue weighted by Gasteiger charge is 2.15. The van der Waals surface area contributed by atoms with Gasteiger partial charge in [0.2, 0.25) is 10.0 Å². The van der Waals surface area contributed by atoms with Crippen LogP contribution in [0.4, 0.5) is 4.39 Å². The van der Waals surface area contributed by atoms with Crippen molar-refractivity contribution in [3.8, 4) is 0 Å². The number of aryl methyl sites for hydroxylation is 1. The summed E-state index contributed by atoms with van der Waals surface area (Å²) < 4.78 is 40.4. The van der Waals surface area contributed by atoms with Crippen molar-refractivity contribution >= 4 is 40.0 Å². The van der Waals surface area contributed by atoms with Crippen molar-refractivity contribution < 1.29 is 12.8 Å². The number of sulfonamides is 1. The first-order valence-electron chi connectivity index (χ1n) is 9.96. The van der Waals surface area contributed by atoms with Gasteiger partial charge in [-0.25, -0.2) is 17.5 Å². The number of nitrogens with one attached hydrogen (secondary N) is 3. The molecule has 6 nitrogen and oxygen atoms in total. The Balaban J connectivity index is 0.00000480. The van der Waals surface area contributed by atoms with E-state index in [0.29, 0.717) is 19.0 Å². The Bertz CT molecular complexity index is 981. The van der Waals surface area contributed by atoms with Gasteiger partial charge in [0, 0.05) is 26.2 Å². The summed E-state index contributed by atoms with van der Waals surface area (Å²) in [7, 11) is -1.72.